The highest BCUT2D eigenvalue weighted by atomic mass is 16.5. The number of hydrogen-bond acceptors (Lipinski definition) is 3. The summed E-state index contributed by atoms with van der Waals surface area (Å²) in [5, 5.41) is 3.62. The van der Waals surface area contributed by atoms with Crippen LogP contribution in [0.15, 0.2) is 0 Å². The van der Waals surface area contributed by atoms with Crippen molar-refractivity contribution >= 4 is 0 Å². The maximum atomic E-state index is 5.35. The van der Waals surface area contributed by atoms with Gasteiger partial charge in [-0.25, -0.2) is 0 Å². The Morgan fingerprint density at radius 2 is 1.88 bits per heavy atom. The predicted octanol–water partition coefficient (Wildman–Crippen LogP) is 2.60. The van der Waals surface area contributed by atoms with Crippen molar-refractivity contribution in [3.8, 4) is 0 Å². The Balaban J connectivity index is 2.12. The van der Waals surface area contributed by atoms with Crippen molar-refractivity contribution in [3.05, 3.63) is 0 Å². The Hall–Kier alpha value is -0.120. The third-order valence-corrected chi connectivity index (χ3v) is 3.86. The average Bonchev–Trinajstić information content (AvgIpc) is 2.36. The van der Waals surface area contributed by atoms with Crippen LogP contribution in [0.2, 0.25) is 0 Å². The van der Waals surface area contributed by atoms with Gasteiger partial charge in [0.15, 0.2) is 0 Å². The first-order valence-electron chi connectivity index (χ1n) is 7.05. The van der Waals surface area contributed by atoms with E-state index >= 15 is 0 Å². The normalized spacial score (nSPS) is 27.0. The molecule has 0 heterocycles. The molecule has 1 atom stereocenters. The Kier molecular flexibility index (Phi) is 7.82. The van der Waals surface area contributed by atoms with E-state index in [-0.39, 0.29) is 6.10 Å². The summed E-state index contributed by atoms with van der Waals surface area (Å²) in [7, 11) is 3.48. The molecule has 0 aromatic carbocycles. The second-order valence-corrected chi connectivity index (χ2v) is 5.23. The van der Waals surface area contributed by atoms with Gasteiger partial charge >= 0.3 is 0 Å². The van der Waals surface area contributed by atoms with Crippen LogP contribution in [-0.2, 0) is 9.47 Å². The van der Waals surface area contributed by atoms with Crippen molar-refractivity contribution in [3.63, 3.8) is 0 Å². The van der Waals surface area contributed by atoms with E-state index in [0.717, 1.165) is 12.5 Å². The molecule has 1 aliphatic carbocycles. The highest BCUT2D eigenvalue weighted by Crippen LogP contribution is 2.27. The maximum Gasteiger partial charge on any atom is 0.0928 e. The van der Waals surface area contributed by atoms with Gasteiger partial charge in [-0.3, -0.25) is 0 Å². The van der Waals surface area contributed by atoms with Crippen molar-refractivity contribution < 1.29 is 9.47 Å². The number of nitrogens with one attached hydrogen (secondary N) is 1. The smallest absolute Gasteiger partial charge is 0.0928 e. The molecule has 17 heavy (non-hydrogen) atoms. The SMILES string of the molecule is CCCC1CCC(NCC(COC)OC)CC1. The number of rotatable bonds is 8. The van der Waals surface area contributed by atoms with Crippen molar-refractivity contribution in [2.24, 2.45) is 5.92 Å². The quantitative estimate of drug-likeness (QED) is 0.711. The van der Waals surface area contributed by atoms with Crippen molar-refractivity contribution in [1.29, 1.82) is 0 Å². The van der Waals surface area contributed by atoms with Gasteiger partial charge in [0.2, 0.25) is 0 Å². The molecular formula is C14H29NO2. The topological polar surface area (TPSA) is 30.5 Å². The van der Waals surface area contributed by atoms with Crippen LogP contribution in [0.4, 0.5) is 0 Å². The number of methoxy groups -OCH3 is 2. The van der Waals surface area contributed by atoms with Crippen LogP contribution in [0.25, 0.3) is 0 Å². The molecule has 1 aliphatic rings. The fraction of sp³-hybridized carbons (Fsp3) is 1.00. The maximum absolute atomic E-state index is 5.35. The Bertz CT molecular complexity index is 179. The fourth-order valence-electron chi connectivity index (χ4n) is 2.76. The Morgan fingerprint density at radius 1 is 1.18 bits per heavy atom. The van der Waals surface area contributed by atoms with Crippen LogP contribution < -0.4 is 5.32 Å². The van der Waals surface area contributed by atoms with Gasteiger partial charge in [0.1, 0.15) is 0 Å². The molecule has 0 aromatic heterocycles. The van der Waals surface area contributed by atoms with Crippen molar-refractivity contribution in [1.82, 2.24) is 5.32 Å². The molecule has 0 amide bonds. The van der Waals surface area contributed by atoms with E-state index in [9.17, 15) is 0 Å². The summed E-state index contributed by atoms with van der Waals surface area (Å²) in [6.45, 7) is 3.88. The Labute approximate surface area is 106 Å². The van der Waals surface area contributed by atoms with Gasteiger partial charge in [-0.2, -0.15) is 0 Å². The molecule has 0 aliphatic heterocycles. The van der Waals surface area contributed by atoms with Gasteiger partial charge in [-0.1, -0.05) is 19.8 Å². The van der Waals surface area contributed by atoms with Gasteiger partial charge in [-0.05, 0) is 31.6 Å². The Morgan fingerprint density at radius 3 is 2.41 bits per heavy atom. The largest absolute Gasteiger partial charge is 0.382 e. The van der Waals surface area contributed by atoms with Gasteiger partial charge in [0.25, 0.3) is 0 Å². The minimum Gasteiger partial charge on any atom is -0.382 e. The van der Waals surface area contributed by atoms with E-state index in [1.54, 1.807) is 14.2 Å². The van der Waals surface area contributed by atoms with E-state index in [1.807, 2.05) is 0 Å². The summed E-state index contributed by atoms with van der Waals surface area (Å²) in [5.41, 5.74) is 0. The first-order chi connectivity index (χ1) is 8.30. The molecule has 3 nitrogen and oxygen atoms in total. The zero-order chi connectivity index (χ0) is 12.5. The lowest BCUT2D eigenvalue weighted by atomic mass is 9.83. The van der Waals surface area contributed by atoms with E-state index in [2.05, 4.69) is 12.2 Å². The van der Waals surface area contributed by atoms with Crippen molar-refractivity contribution in [2.75, 3.05) is 27.4 Å². The lowest BCUT2D eigenvalue weighted by molar-refractivity contribution is 0.0262. The van der Waals surface area contributed by atoms with Crippen LogP contribution >= 0.6 is 0 Å². The molecule has 0 bridgehead atoms. The van der Waals surface area contributed by atoms with Gasteiger partial charge in [-0.15, -0.1) is 0 Å². The fourth-order valence-corrected chi connectivity index (χ4v) is 2.76. The van der Waals surface area contributed by atoms with Crippen LogP contribution in [0.1, 0.15) is 45.4 Å². The van der Waals surface area contributed by atoms with Crippen LogP contribution in [0.3, 0.4) is 0 Å². The summed E-state index contributed by atoms with van der Waals surface area (Å²) in [6.07, 6.45) is 8.39. The molecule has 102 valence electrons. The molecule has 1 N–H and O–H groups in total. The minimum absolute atomic E-state index is 0.188. The lowest BCUT2D eigenvalue weighted by Gasteiger charge is -2.30. The second kappa shape index (κ2) is 8.90. The summed E-state index contributed by atoms with van der Waals surface area (Å²) in [6, 6.07) is 0.692. The molecule has 3 heteroatoms. The van der Waals surface area contributed by atoms with E-state index in [0.29, 0.717) is 12.6 Å². The first kappa shape index (κ1) is 14.9. The molecule has 1 saturated carbocycles. The highest BCUT2D eigenvalue weighted by molar-refractivity contribution is 4.78. The monoisotopic (exact) mass is 243 g/mol. The first-order valence-corrected chi connectivity index (χ1v) is 7.05. The van der Waals surface area contributed by atoms with Gasteiger partial charge in [0.05, 0.1) is 12.7 Å². The summed E-state index contributed by atoms with van der Waals surface area (Å²) in [5.74, 6) is 0.982. The van der Waals surface area contributed by atoms with E-state index in [1.165, 1.54) is 38.5 Å². The molecular weight excluding hydrogens is 214 g/mol. The third-order valence-electron chi connectivity index (χ3n) is 3.86. The molecule has 1 unspecified atom stereocenters. The average molecular weight is 243 g/mol. The van der Waals surface area contributed by atoms with Gasteiger partial charge in [0, 0.05) is 26.8 Å². The molecule has 0 saturated heterocycles. The summed E-state index contributed by atoms with van der Waals surface area (Å²) in [4.78, 5) is 0. The molecule has 1 rings (SSSR count). The zero-order valence-corrected chi connectivity index (χ0v) is 11.7. The summed E-state index contributed by atoms with van der Waals surface area (Å²) < 4.78 is 10.5. The molecule has 1 fully saturated rings. The standard InChI is InChI=1S/C14H29NO2/c1-4-5-12-6-8-13(9-7-12)15-10-14(17-3)11-16-2/h12-15H,4-11H2,1-3H3. The molecule has 0 radical (unpaired) electrons. The lowest BCUT2D eigenvalue weighted by Crippen LogP contribution is -2.40. The van der Waals surface area contributed by atoms with E-state index in [4.69, 9.17) is 9.47 Å². The summed E-state index contributed by atoms with van der Waals surface area (Å²) >= 11 is 0. The third kappa shape index (κ3) is 5.84. The van der Waals surface area contributed by atoms with Crippen LogP contribution in [0.5, 0.6) is 0 Å². The van der Waals surface area contributed by atoms with E-state index < -0.39 is 0 Å². The number of ether oxygens (including phenoxy) is 2. The highest BCUT2D eigenvalue weighted by Gasteiger charge is 2.20. The van der Waals surface area contributed by atoms with Gasteiger partial charge < -0.3 is 14.8 Å². The van der Waals surface area contributed by atoms with Crippen molar-refractivity contribution in [2.45, 2.75) is 57.6 Å². The number of hydrogen-bond donors (Lipinski definition) is 1. The zero-order valence-electron chi connectivity index (χ0n) is 11.7. The van der Waals surface area contributed by atoms with Crippen LogP contribution in [-0.4, -0.2) is 39.5 Å². The molecule has 0 aromatic rings. The molecule has 0 spiro atoms. The van der Waals surface area contributed by atoms with Crippen LogP contribution in [0, 0.1) is 5.92 Å². The second-order valence-electron chi connectivity index (χ2n) is 5.23. The predicted molar refractivity (Wildman–Crippen MR) is 71.3 cm³/mol. The minimum atomic E-state index is 0.188.